The smallest absolute Gasteiger partial charge is 0.0237 e. The minimum atomic E-state index is 0.747. The van der Waals surface area contributed by atoms with E-state index < -0.39 is 0 Å². The second-order valence-corrected chi connectivity index (χ2v) is 6.07. The highest BCUT2D eigenvalue weighted by atomic mass is 32.2. The molecule has 0 amide bonds. The van der Waals surface area contributed by atoms with Gasteiger partial charge in [-0.3, -0.25) is 4.90 Å². The first-order chi connectivity index (χ1) is 10.3. The third-order valence-corrected chi connectivity index (χ3v) is 4.24. The van der Waals surface area contributed by atoms with Crippen molar-refractivity contribution in [3.63, 3.8) is 0 Å². The standard InChI is InChI=1S/C18H24N2S/c1-21-18-10-8-17(9-11-18)15-20(13-5-12-19)14-16-6-3-2-4-7-16/h2-4,6-11H,5,12-15,19H2,1H3. The van der Waals surface area contributed by atoms with Crippen molar-refractivity contribution >= 4 is 11.8 Å². The lowest BCUT2D eigenvalue weighted by molar-refractivity contribution is 0.255. The van der Waals surface area contributed by atoms with Crippen molar-refractivity contribution in [3.8, 4) is 0 Å². The lowest BCUT2D eigenvalue weighted by Crippen LogP contribution is -2.25. The van der Waals surface area contributed by atoms with Crippen molar-refractivity contribution in [1.82, 2.24) is 4.90 Å². The zero-order chi connectivity index (χ0) is 14.9. The first-order valence-corrected chi connectivity index (χ1v) is 8.63. The second-order valence-electron chi connectivity index (χ2n) is 5.19. The van der Waals surface area contributed by atoms with E-state index in [9.17, 15) is 0 Å². The van der Waals surface area contributed by atoms with Crippen LogP contribution in [0.4, 0.5) is 0 Å². The number of hydrogen-bond acceptors (Lipinski definition) is 3. The Balaban J connectivity index is 2.00. The minimum absolute atomic E-state index is 0.747. The van der Waals surface area contributed by atoms with Crippen LogP contribution in [0.3, 0.4) is 0 Å². The van der Waals surface area contributed by atoms with Crippen LogP contribution in [0.2, 0.25) is 0 Å². The third kappa shape index (κ3) is 5.54. The number of nitrogens with two attached hydrogens (primary N) is 1. The van der Waals surface area contributed by atoms with Gasteiger partial charge in [-0.05, 0) is 42.5 Å². The summed E-state index contributed by atoms with van der Waals surface area (Å²) < 4.78 is 0. The molecule has 2 nitrogen and oxygen atoms in total. The molecular weight excluding hydrogens is 276 g/mol. The molecule has 0 spiro atoms. The SMILES string of the molecule is CSc1ccc(CN(CCCN)Cc2ccccc2)cc1. The summed E-state index contributed by atoms with van der Waals surface area (Å²) in [6.07, 6.45) is 3.15. The van der Waals surface area contributed by atoms with Gasteiger partial charge in [-0.15, -0.1) is 11.8 Å². The molecule has 0 atom stereocenters. The fraction of sp³-hybridized carbons (Fsp3) is 0.333. The summed E-state index contributed by atoms with van der Waals surface area (Å²) in [5.41, 5.74) is 8.39. The summed E-state index contributed by atoms with van der Waals surface area (Å²) in [6.45, 7) is 3.74. The van der Waals surface area contributed by atoms with E-state index in [0.29, 0.717) is 0 Å². The molecule has 0 aliphatic rings. The van der Waals surface area contributed by atoms with Crippen LogP contribution < -0.4 is 5.73 Å². The van der Waals surface area contributed by atoms with Crippen LogP contribution in [0.25, 0.3) is 0 Å². The molecule has 2 aromatic carbocycles. The molecule has 0 bridgehead atoms. The Hall–Kier alpha value is -1.29. The lowest BCUT2D eigenvalue weighted by atomic mass is 10.1. The Morgan fingerprint density at radius 2 is 1.52 bits per heavy atom. The van der Waals surface area contributed by atoms with E-state index in [-0.39, 0.29) is 0 Å². The van der Waals surface area contributed by atoms with Crippen molar-refractivity contribution in [2.24, 2.45) is 5.73 Å². The fourth-order valence-corrected chi connectivity index (χ4v) is 2.77. The number of nitrogens with zero attached hydrogens (tertiary/aromatic N) is 1. The van der Waals surface area contributed by atoms with Crippen molar-refractivity contribution in [2.45, 2.75) is 24.4 Å². The minimum Gasteiger partial charge on any atom is -0.330 e. The largest absolute Gasteiger partial charge is 0.330 e. The van der Waals surface area contributed by atoms with Gasteiger partial charge < -0.3 is 5.73 Å². The van der Waals surface area contributed by atoms with Gasteiger partial charge in [0.25, 0.3) is 0 Å². The predicted molar refractivity (Wildman–Crippen MR) is 92.5 cm³/mol. The van der Waals surface area contributed by atoms with Gasteiger partial charge >= 0.3 is 0 Å². The van der Waals surface area contributed by atoms with Gasteiger partial charge in [0, 0.05) is 24.5 Å². The maximum Gasteiger partial charge on any atom is 0.0237 e. The molecule has 0 saturated carbocycles. The lowest BCUT2D eigenvalue weighted by Gasteiger charge is -2.22. The van der Waals surface area contributed by atoms with Crippen LogP contribution >= 0.6 is 11.8 Å². The number of benzene rings is 2. The van der Waals surface area contributed by atoms with Crippen LogP contribution in [-0.4, -0.2) is 24.2 Å². The zero-order valence-corrected chi connectivity index (χ0v) is 13.5. The van der Waals surface area contributed by atoms with Crippen molar-refractivity contribution in [3.05, 3.63) is 65.7 Å². The van der Waals surface area contributed by atoms with E-state index >= 15 is 0 Å². The average Bonchev–Trinajstić information content (AvgIpc) is 2.54. The average molecular weight is 300 g/mol. The van der Waals surface area contributed by atoms with Crippen LogP contribution in [0, 0.1) is 0 Å². The fourth-order valence-electron chi connectivity index (χ4n) is 2.36. The molecular formula is C18H24N2S. The van der Waals surface area contributed by atoms with Crippen LogP contribution in [-0.2, 0) is 13.1 Å². The topological polar surface area (TPSA) is 29.3 Å². The zero-order valence-electron chi connectivity index (χ0n) is 12.7. The number of hydrogen-bond donors (Lipinski definition) is 1. The quantitative estimate of drug-likeness (QED) is 0.753. The summed E-state index contributed by atoms with van der Waals surface area (Å²) in [5.74, 6) is 0. The Morgan fingerprint density at radius 3 is 2.10 bits per heavy atom. The monoisotopic (exact) mass is 300 g/mol. The molecule has 2 rings (SSSR count). The van der Waals surface area contributed by atoms with E-state index in [2.05, 4.69) is 65.8 Å². The second kappa shape index (κ2) is 8.88. The Bertz CT molecular complexity index is 511. The summed E-state index contributed by atoms with van der Waals surface area (Å²) in [6, 6.07) is 19.5. The summed E-state index contributed by atoms with van der Waals surface area (Å²) in [4.78, 5) is 3.78. The molecule has 0 aromatic heterocycles. The molecule has 2 aromatic rings. The Labute approximate surface area is 132 Å². The molecule has 0 aliphatic carbocycles. The Kier molecular flexibility index (Phi) is 6.80. The molecule has 0 saturated heterocycles. The van der Waals surface area contributed by atoms with E-state index in [1.807, 2.05) is 0 Å². The van der Waals surface area contributed by atoms with Gasteiger partial charge in [0.05, 0.1) is 0 Å². The van der Waals surface area contributed by atoms with E-state index in [4.69, 9.17) is 5.73 Å². The highest BCUT2D eigenvalue weighted by Crippen LogP contribution is 2.17. The van der Waals surface area contributed by atoms with Gasteiger partial charge in [0.2, 0.25) is 0 Å². The van der Waals surface area contributed by atoms with Crippen LogP contribution in [0.1, 0.15) is 17.5 Å². The first-order valence-electron chi connectivity index (χ1n) is 7.41. The number of thioether (sulfide) groups is 1. The van der Waals surface area contributed by atoms with Gasteiger partial charge in [-0.25, -0.2) is 0 Å². The molecule has 2 N–H and O–H groups in total. The van der Waals surface area contributed by atoms with Gasteiger partial charge in [0.1, 0.15) is 0 Å². The van der Waals surface area contributed by atoms with E-state index in [0.717, 1.165) is 32.6 Å². The molecule has 0 radical (unpaired) electrons. The maximum atomic E-state index is 5.67. The maximum absolute atomic E-state index is 5.67. The normalized spacial score (nSPS) is 11.0. The highest BCUT2D eigenvalue weighted by Gasteiger charge is 2.07. The van der Waals surface area contributed by atoms with E-state index in [1.54, 1.807) is 11.8 Å². The molecule has 21 heavy (non-hydrogen) atoms. The van der Waals surface area contributed by atoms with Crippen LogP contribution in [0.5, 0.6) is 0 Å². The number of rotatable bonds is 8. The highest BCUT2D eigenvalue weighted by molar-refractivity contribution is 7.98. The predicted octanol–water partition coefficient (Wildman–Crippen LogP) is 3.76. The molecule has 112 valence electrons. The molecule has 0 unspecified atom stereocenters. The van der Waals surface area contributed by atoms with E-state index in [1.165, 1.54) is 16.0 Å². The summed E-state index contributed by atoms with van der Waals surface area (Å²) in [5, 5.41) is 0. The van der Waals surface area contributed by atoms with Crippen molar-refractivity contribution in [1.29, 1.82) is 0 Å². The van der Waals surface area contributed by atoms with Crippen LogP contribution in [0.15, 0.2) is 59.5 Å². The molecule has 0 fully saturated rings. The Morgan fingerprint density at radius 1 is 0.905 bits per heavy atom. The molecule has 3 heteroatoms. The summed E-state index contributed by atoms with van der Waals surface area (Å²) in [7, 11) is 0. The van der Waals surface area contributed by atoms with Crippen molar-refractivity contribution in [2.75, 3.05) is 19.3 Å². The molecule has 0 heterocycles. The third-order valence-electron chi connectivity index (χ3n) is 3.49. The van der Waals surface area contributed by atoms with Gasteiger partial charge in [-0.1, -0.05) is 42.5 Å². The van der Waals surface area contributed by atoms with Gasteiger partial charge in [-0.2, -0.15) is 0 Å². The summed E-state index contributed by atoms with van der Waals surface area (Å²) >= 11 is 1.78. The van der Waals surface area contributed by atoms with Gasteiger partial charge in [0.15, 0.2) is 0 Å². The molecule has 0 aliphatic heterocycles. The van der Waals surface area contributed by atoms with Crippen molar-refractivity contribution < 1.29 is 0 Å². The first kappa shape index (κ1) is 16.1.